The average molecular weight is 225 g/mol. The highest BCUT2D eigenvalue weighted by Crippen LogP contribution is 2.36. The van der Waals surface area contributed by atoms with Crippen molar-refractivity contribution in [1.29, 1.82) is 0 Å². The molecule has 1 heterocycles. The molecule has 1 saturated carbocycles. The molecular weight excluding hydrogens is 206 g/mol. The van der Waals surface area contributed by atoms with E-state index in [4.69, 9.17) is 4.74 Å². The van der Waals surface area contributed by atoms with E-state index in [9.17, 15) is 0 Å². The third-order valence-electron chi connectivity index (χ3n) is 3.23. The van der Waals surface area contributed by atoms with Crippen LogP contribution in [0.15, 0.2) is 5.38 Å². The van der Waals surface area contributed by atoms with Crippen LogP contribution in [0.4, 0.5) is 0 Å². The number of ether oxygens (including phenoxy) is 1. The molecule has 0 radical (unpaired) electrons. The number of thiazole rings is 1. The molecule has 0 N–H and O–H groups in total. The van der Waals surface area contributed by atoms with Gasteiger partial charge in [-0.05, 0) is 18.8 Å². The minimum atomic E-state index is 0.652. The Morgan fingerprint density at radius 1 is 1.40 bits per heavy atom. The van der Waals surface area contributed by atoms with Crippen molar-refractivity contribution in [3.05, 3.63) is 16.1 Å². The summed E-state index contributed by atoms with van der Waals surface area (Å²) in [6.45, 7) is 3.01. The van der Waals surface area contributed by atoms with Crippen LogP contribution in [0.3, 0.4) is 0 Å². The largest absolute Gasteiger partial charge is 0.378 e. The van der Waals surface area contributed by atoms with E-state index in [1.54, 1.807) is 18.4 Å². The fraction of sp³-hybridized carbons (Fsp3) is 0.750. The molecule has 0 aliphatic heterocycles. The second-order valence-corrected chi connectivity index (χ2v) is 5.46. The number of methoxy groups -OCH3 is 1. The fourth-order valence-corrected chi connectivity index (χ4v) is 3.21. The monoisotopic (exact) mass is 225 g/mol. The van der Waals surface area contributed by atoms with E-state index >= 15 is 0 Å². The number of rotatable bonds is 3. The molecule has 84 valence electrons. The Labute approximate surface area is 95.7 Å². The zero-order valence-corrected chi connectivity index (χ0v) is 10.3. The third-order valence-corrected chi connectivity index (χ3v) is 4.28. The van der Waals surface area contributed by atoms with E-state index in [-0.39, 0.29) is 0 Å². The topological polar surface area (TPSA) is 22.1 Å². The summed E-state index contributed by atoms with van der Waals surface area (Å²) in [5, 5.41) is 3.46. The Morgan fingerprint density at radius 3 is 2.80 bits per heavy atom. The van der Waals surface area contributed by atoms with Crippen molar-refractivity contribution in [1.82, 2.24) is 4.98 Å². The molecule has 1 aliphatic rings. The molecule has 1 aromatic rings. The zero-order chi connectivity index (χ0) is 10.7. The van der Waals surface area contributed by atoms with Gasteiger partial charge in [0.15, 0.2) is 0 Å². The highest BCUT2D eigenvalue weighted by Gasteiger charge is 2.21. The van der Waals surface area contributed by atoms with Crippen LogP contribution in [0.5, 0.6) is 0 Å². The van der Waals surface area contributed by atoms with E-state index < -0.39 is 0 Å². The van der Waals surface area contributed by atoms with Crippen LogP contribution in [-0.2, 0) is 11.3 Å². The summed E-state index contributed by atoms with van der Waals surface area (Å²) in [7, 11) is 1.72. The maximum atomic E-state index is 5.09. The van der Waals surface area contributed by atoms with Gasteiger partial charge in [0.2, 0.25) is 0 Å². The second-order valence-electron chi connectivity index (χ2n) is 4.57. The summed E-state index contributed by atoms with van der Waals surface area (Å²) in [5.74, 6) is 1.64. The van der Waals surface area contributed by atoms with E-state index in [1.807, 2.05) is 0 Å². The van der Waals surface area contributed by atoms with Crippen LogP contribution in [-0.4, -0.2) is 12.1 Å². The normalized spacial score (nSPS) is 26.8. The van der Waals surface area contributed by atoms with Crippen molar-refractivity contribution < 1.29 is 4.74 Å². The molecule has 0 bridgehead atoms. The Balaban J connectivity index is 1.96. The quantitative estimate of drug-likeness (QED) is 0.784. The van der Waals surface area contributed by atoms with Gasteiger partial charge in [0.05, 0.1) is 17.3 Å². The summed E-state index contributed by atoms with van der Waals surface area (Å²) in [6, 6.07) is 0. The lowest BCUT2D eigenvalue weighted by Gasteiger charge is -2.24. The van der Waals surface area contributed by atoms with E-state index in [1.165, 1.54) is 30.7 Å². The van der Waals surface area contributed by atoms with E-state index in [0.29, 0.717) is 6.61 Å². The van der Waals surface area contributed by atoms with Gasteiger partial charge in [-0.1, -0.05) is 19.8 Å². The molecule has 0 unspecified atom stereocenters. The van der Waals surface area contributed by atoms with Crippen LogP contribution in [0.25, 0.3) is 0 Å². The van der Waals surface area contributed by atoms with Gasteiger partial charge in [-0.25, -0.2) is 4.98 Å². The summed E-state index contributed by atoms with van der Waals surface area (Å²) in [4.78, 5) is 4.64. The van der Waals surface area contributed by atoms with Gasteiger partial charge in [-0.15, -0.1) is 11.3 Å². The van der Waals surface area contributed by atoms with Gasteiger partial charge in [0, 0.05) is 18.4 Å². The maximum Gasteiger partial charge on any atom is 0.0960 e. The number of hydrogen-bond donors (Lipinski definition) is 0. The Bertz CT molecular complexity index is 302. The molecule has 3 heteroatoms. The molecule has 0 aromatic carbocycles. The molecule has 1 aliphatic carbocycles. The first-order chi connectivity index (χ1) is 7.29. The van der Waals surface area contributed by atoms with Crippen LogP contribution in [0, 0.1) is 5.92 Å². The van der Waals surface area contributed by atoms with Crippen LogP contribution >= 0.6 is 11.3 Å². The van der Waals surface area contributed by atoms with E-state index in [2.05, 4.69) is 17.3 Å². The average Bonchev–Trinajstić information content (AvgIpc) is 2.68. The van der Waals surface area contributed by atoms with Gasteiger partial charge in [-0.2, -0.15) is 0 Å². The molecule has 0 saturated heterocycles. The lowest BCUT2D eigenvalue weighted by molar-refractivity contribution is 0.181. The summed E-state index contributed by atoms with van der Waals surface area (Å²) >= 11 is 1.81. The van der Waals surface area contributed by atoms with Gasteiger partial charge in [0.1, 0.15) is 0 Å². The summed E-state index contributed by atoms with van der Waals surface area (Å²) < 4.78 is 5.09. The lowest BCUT2D eigenvalue weighted by Crippen LogP contribution is -2.10. The molecule has 1 fully saturated rings. The molecule has 15 heavy (non-hydrogen) atoms. The van der Waals surface area contributed by atoms with Gasteiger partial charge in [0.25, 0.3) is 0 Å². The van der Waals surface area contributed by atoms with Crippen molar-refractivity contribution >= 4 is 11.3 Å². The Hall–Kier alpha value is -0.410. The lowest BCUT2D eigenvalue weighted by atomic mass is 9.83. The number of nitrogens with zero attached hydrogens (tertiary/aromatic N) is 1. The van der Waals surface area contributed by atoms with Gasteiger partial charge >= 0.3 is 0 Å². The van der Waals surface area contributed by atoms with E-state index in [0.717, 1.165) is 17.5 Å². The van der Waals surface area contributed by atoms with Gasteiger partial charge in [-0.3, -0.25) is 0 Å². The molecule has 2 rings (SSSR count). The van der Waals surface area contributed by atoms with Crippen molar-refractivity contribution in [2.24, 2.45) is 5.92 Å². The molecule has 0 amide bonds. The first-order valence-corrected chi connectivity index (χ1v) is 6.60. The van der Waals surface area contributed by atoms with Crippen LogP contribution in [0.1, 0.15) is 49.2 Å². The molecule has 1 aromatic heterocycles. The van der Waals surface area contributed by atoms with Crippen molar-refractivity contribution in [2.45, 2.75) is 45.1 Å². The summed E-state index contributed by atoms with van der Waals surface area (Å²) in [6.07, 6.45) is 5.37. The molecular formula is C12H19NOS. The van der Waals surface area contributed by atoms with Gasteiger partial charge < -0.3 is 4.74 Å². The SMILES string of the molecule is COCc1csc(C2CCC(C)CC2)n1. The minimum absolute atomic E-state index is 0.652. The fourth-order valence-electron chi connectivity index (χ4n) is 2.23. The predicted molar refractivity (Wildman–Crippen MR) is 63.2 cm³/mol. The Kier molecular flexibility index (Phi) is 3.76. The minimum Gasteiger partial charge on any atom is -0.378 e. The van der Waals surface area contributed by atoms with Crippen molar-refractivity contribution in [3.63, 3.8) is 0 Å². The second kappa shape index (κ2) is 5.08. The molecule has 0 atom stereocenters. The van der Waals surface area contributed by atoms with Crippen LogP contribution < -0.4 is 0 Å². The zero-order valence-electron chi connectivity index (χ0n) is 9.53. The number of hydrogen-bond acceptors (Lipinski definition) is 3. The number of aromatic nitrogens is 1. The highest BCUT2D eigenvalue weighted by atomic mass is 32.1. The van der Waals surface area contributed by atoms with Crippen molar-refractivity contribution in [3.8, 4) is 0 Å². The standard InChI is InChI=1S/C12H19NOS/c1-9-3-5-10(6-4-9)12-13-11(7-14-2)8-15-12/h8-10H,3-7H2,1-2H3. The highest BCUT2D eigenvalue weighted by molar-refractivity contribution is 7.09. The first-order valence-electron chi connectivity index (χ1n) is 5.73. The maximum absolute atomic E-state index is 5.09. The molecule has 2 nitrogen and oxygen atoms in total. The smallest absolute Gasteiger partial charge is 0.0960 e. The Morgan fingerprint density at radius 2 is 2.13 bits per heavy atom. The first kappa shape index (κ1) is 11.1. The van der Waals surface area contributed by atoms with Crippen LogP contribution in [0.2, 0.25) is 0 Å². The van der Waals surface area contributed by atoms with Crippen molar-refractivity contribution in [2.75, 3.05) is 7.11 Å². The third kappa shape index (κ3) is 2.79. The summed E-state index contributed by atoms with van der Waals surface area (Å²) in [5.41, 5.74) is 1.09. The molecule has 0 spiro atoms. The predicted octanol–water partition coefficient (Wildman–Crippen LogP) is 3.58.